The predicted molar refractivity (Wildman–Crippen MR) is 72.8 cm³/mol. The van der Waals surface area contributed by atoms with E-state index in [1.165, 1.54) is 0 Å². The highest BCUT2D eigenvalue weighted by molar-refractivity contribution is 5.92. The molecule has 100 valence electrons. The summed E-state index contributed by atoms with van der Waals surface area (Å²) in [5, 5.41) is 5.95. The van der Waals surface area contributed by atoms with Crippen molar-refractivity contribution in [1.29, 1.82) is 0 Å². The molecule has 0 aliphatic rings. The molecular weight excluding hydrogens is 228 g/mol. The first kappa shape index (κ1) is 14.4. The fraction of sp³-hybridized carbons (Fsp3) is 0.615. The molecule has 0 saturated heterocycles. The molecule has 0 radical (unpaired) electrons. The van der Waals surface area contributed by atoms with Crippen LogP contribution >= 0.6 is 0 Å². The largest absolute Gasteiger partial charge is 0.354 e. The number of hydrogen-bond donors (Lipinski definition) is 2. The van der Waals surface area contributed by atoms with Crippen LogP contribution in [0.3, 0.4) is 0 Å². The van der Waals surface area contributed by atoms with E-state index in [0.29, 0.717) is 18.2 Å². The Hall–Kier alpha value is -1.65. The standard InChI is InChI=1S/C13H22N4O/c1-4-6-8-14-12(18)11-9-10(3)16-13(17-11)15-7-5-2/h9H,4-8H2,1-3H3,(H,14,18)(H,15,16,17). The van der Waals surface area contributed by atoms with Crippen molar-refractivity contribution in [2.75, 3.05) is 18.4 Å². The van der Waals surface area contributed by atoms with E-state index in [1.54, 1.807) is 6.07 Å². The predicted octanol–water partition coefficient (Wildman–Crippen LogP) is 2.14. The summed E-state index contributed by atoms with van der Waals surface area (Å²) in [5.41, 5.74) is 1.22. The van der Waals surface area contributed by atoms with Crippen molar-refractivity contribution < 1.29 is 4.79 Å². The first-order valence-electron chi connectivity index (χ1n) is 6.55. The Kier molecular flexibility index (Phi) is 6.11. The lowest BCUT2D eigenvalue weighted by Crippen LogP contribution is -2.26. The highest BCUT2D eigenvalue weighted by atomic mass is 16.1. The first-order valence-corrected chi connectivity index (χ1v) is 6.55. The van der Waals surface area contributed by atoms with Crippen molar-refractivity contribution in [2.24, 2.45) is 0 Å². The van der Waals surface area contributed by atoms with Gasteiger partial charge in [-0.1, -0.05) is 20.3 Å². The van der Waals surface area contributed by atoms with Crippen molar-refractivity contribution >= 4 is 11.9 Å². The van der Waals surface area contributed by atoms with Crippen molar-refractivity contribution in [3.63, 3.8) is 0 Å². The van der Waals surface area contributed by atoms with Gasteiger partial charge in [0.1, 0.15) is 5.69 Å². The fourth-order valence-electron chi connectivity index (χ4n) is 1.47. The molecule has 2 N–H and O–H groups in total. The van der Waals surface area contributed by atoms with Crippen LogP contribution in [0.1, 0.15) is 49.3 Å². The van der Waals surface area contributed by atoms with E-state index in [0.717, 1.165) is 31.5 Å². The average Bonchev–Trinajstić information content (AvgIpc) is 2.36. The number of hydrogen-bond acceptors (Lipinski definition) is 4. The van der Waals surface area contributed by atoms with E-state index in [9.17, 15) is 4.79 Å². The van der Waals surface area contributed by atoms with Crippen molar-refractivity contribution in [3.8, 4) is 0 Å². The van der Waals surface area contributed by atoms with Crippen molar-refractivity contribution in [3.05, 3.63) is 17.5 Å². The Morgan fingerprint density at radius 2 is 2.00 bits per heavy atom. The van der Waals surface area contributed by atoms with Gasteiger partial charge in [0.2, 0.25) is 5.95 Å². The van der Waals surface area contributed by atoms with E-state index >= 15 is 0 Å². The van der Waals surface area contributed by atoms with Gasteiger partial charge in [-0.15, -0.1) is 0 Å². The number of unbranched alkanes of at least 4 members (excludes halogenated alkanes) is 1. The smallest absolute Gasteiger partial charge is 0.270 e. The molecule has 1 aromatic heterocycles. The van der Waals surface area contributed by atoms with Crippen LogP contribution < -0.4 is 10.6 Å². The Balaban J connectivity index is 2.69. The maximum absolute atomic E-state index is 11.9. The van der Waals surface area contributed by atoms with Crippen molar-refractivity contribution in [2.45, 2.75) is 40.0 Å². The molecule has 0 unspecified atom stereocenters. The number of aromatic nitrogens is 2. The number of carbonyl (C=O) groups excluding carboxylic acids is 1. The molecule has 18 heavy (non-hydrogen) atoms. The summed E-state index contributed by atoms with van der Waals surface area (Å²) in [5.74, 6) is 0.394. The van der Waals surface area contributed by atoms with Gasteiger partial charge in [-0.2, -0.15) is 0 Å². The monoisotopic (exact) mass is 250 g/mol. The number of nitrogens with one attached hydrogen (secondary N) is 2. The second-order valence-electron chi connectivity index (χ2n) is 4.25. The molecule has 1 amide bonds. The highest BCUT2D eigenvalue weighted by Gasteiger charge is 2.09. The summed E-state index contributed by atoms with van der Waals surface area (Å²) < 4.78 is 0. The molecule has 1 heterocycles. The van der Waals surface area contributed by atoms with Crippen LogP contribution in [0.4, 0.5) is 5.95 Å². The molecule has 1 aromatic rings. The lowest BCUT2D eigenvalue weighted by atomic mass is 10.3. The third-order valence-corrected chi connectivity index (χ3v) is 2.44. The third kappa shape index (κ3) is 4.69. The number of aryl methyl sites for hydroxylation is 1. The first-order chi connectivity index (χ1) is 8.67. The minimum Gasteiger partial charge on any atom is -0.354 e. The van der Waals surface area contributed by atoms with Crippen LogP contribution in [0.15, 0.2) is 6.07 Å². The third-order valence-electron chi connectivity index (χ3n) is 2.44. The SMILES string of the molecule is CCCCNC(=O)c1cc(C)nc(NCCC)n1. The van der Waals surface area contributed by atoms with Gasteiger partial charge < -0.3 is 10.6 Å². The summed E-state index contributed by atoms with van der Waals surface area (Å²) in [6, 6.07) is 1.71. The van der Waals surface area contributed by atoms with Crippen LogP contribution in [0, 0.1) is 6.92 Å². The van der Waals surface area contributed by atoms with E-state index in [-0.39, 0.29) is 5.91 Å². The fourth-order valence-corrected chi connectivity index (χ4v) is 1.47. The Morgan fingerprint density at radius 1 is 1.22 bits per heavy atom. The highest BCUT2D eigenvalue weighted by Crippen LogP contribution is 2.05. The second kappa shape index (κ2) is 7.63. The van der Waals surface area contributed by atoms with Crippen LogP contribution in [0.25, 0.3) is 0 Å². The Morgan fingerprint density at radius 3 is 2.67 bits per heavy atom. The maximum atomic E-state index is 11.9. The van der Waals surface area contributed by atoms with Crippen LogP contribution in [0.5, 0.6) is 0 Å². The van der Waals surface area contributed by atoms with Gasteiger partial charge in [0.25, 0.3) is 5.91 Å². The number of amides is 1. The minimum absolute atomic E-state index is 0.131. The van der Waals surface area contributed by atoms with Gasteiger partial charge in [0, 0.05) is 18.8 Å². The summed E-state index contributed by atoms with van der Waals surface area (Å²) in [7, 11) is 0. The van der Waals surface area contributed by atoms with Gasteiger partial charge in [-0.3, -0.25) is 4.79 Å². The van der Waals surface area contributed by atoms with Gasteiger partial charge >= 0.3 is 0 Å². The summed E-state index contributed by atoms with van der Waals surface area (Å²) in [4.78, 5) is 20.3. The molecule has 0 spiro atoms. The topological polar surface area (TPSA) is 66.9 Å². The molecule has 0 atom stereocenters. The molecule has 5 heteroatoms. The van der Waals surface area contributed by atoms with Crippen LogP contribution in [0.2, 0.25) is 0 Å². The molecule has 0 bridgehead atoms. The second-order valence-corrected chi connectivity index (χ2v) is 4.25. The minimum atomic E-state index is -0.131. The summed E-state index contributed by atoms with van der Waals surface area (Å²) in [6.07, 6.45) is 3.04. The molecule has 0 aromatic carbocycles. The van der Waals surface area contributed by atoms with E-state index < -0.39 is 0 Å². The molecule has 0 aliphatic carbocycles. The zero-order valence-corrected chi connectivity index (χ0v) is 11.4. The number of nitrogens with zero attached hydrogens (tertiary/aromatic N) is 2. The Labute approximate surface area is 108 Å². The van der Waals surface area contributed by atoms with E-state index in [2.05, 4.69) is 34.4 Å². The zero-order valence-electron chi connectivity index (χ0n) is 11.4. The van der Waals surface area contributed by atoms with Gasteiger partial charge in [-0.25, -0.2) is 9.97 Å². The molecule has 0 saturated carbocycles. The molecular formula is C13H22N4O. The quantitative estimate of drug-likeness (QED) is 0.728. The molecule has 0 aliphatic heterocycles. The van der Waals surface area contributed by atoms with Crippen molar-refractivity contribution in [1.82, 2.24) is 15.3 Å². The lowest BCUT2D eigenvalue weighted by molar-refractivity contribution is 0.0948. The summed E-state index contributed by atoms with van der Waals surface area (Å²) >= 11 is 0. The average molecular weight is 250 g/mol. The zero-order chi connectivity index (χ0) is 13.4. The summed E-state index contributed by atoms with van der Waals surface area (Å²) in [6.45, 7) is 7.52. The molecule has 0 fully saturated rings. The van der Waals surface area contributed by atoms with E-state index in [4.69, 9.17) is 0 Å². The molecule has 1 rings (SSSR count). The van der Waals surface area contributed by atoms with Crippen LogP contribution in [-0.2, 0) is 0 Å². The number of anilines is 1. The number of rotatable bonds is 7. The lowest BCUT2D eigenvalue weighted by Gasteiger charge is -2.07. The van der Waals surface area contributed by atoms with Crippen LogP contribution in [-0.4, -0.2) is 29.0 Å². The normalized spacial score (nSPS) is 10.2. The van der Waals surface area contributed by atoms with Gasteiger partial charge in [0.05, 0.1) is 0 Å². The Bertz CT molecular complexity index is 393. The van der Waals surface area contributed by atoms with E-state index in [1.807, 2.05) is 6.92 Å². The van der Waals surface area contributed by atoms with Gasteiger partial charge in [-0.05, 0) is 25.8 Å². The van der Waals surface area contributed by atoms with Gasteiger partial charge in [0.15, 0.2) is 0 Å². The molecule has 5 nitrogen and oxygen atoms in total. The maximum Gasteiger partial charge on any atom is 0.270 e. The number of carbonyl (C=O) groups is 1.